The van der Waals surface area contributed by atoms with Crippen LogP contribution in [0.15, 0.2) is 17.1 Å². The van der Waals surface area contributed by atoms with Crippen molar-refractivity contribution in [1.29, 1.82) is 0 Å². The Morgan fingerprint density at radius 3 is 2.24 bits per heavy atom. The van der Waals surface area contributed by atoms with Crippen molar-refractivity contribution in [3.8, 4) is 0 Å². The van der Waals surface area contributed by atoms with Crippen LogP contribution in [0.3, 0.4) is 0 Å². The maximum atomic E-state index is 12.1. The third-order valence-electron chi connectivity index (χ3n) is 5.15. The molecule has 1 aromatic heterocycles. The minimum atomic E-state index is -5.69. The minimum Gasteiger partial charge on any atom is -0.756 e. The molecular formula is C15H30N4O16P2S. The van der Waals surface area contributed by atoms with Gasteiger partial charge in [0.2, 0.25) is 0 Å². The molecule has 3 rings (SSSR count). The molecule has 2 fully saturated rings. The van der Waals surface area contributed by atoms with Gasteiger partial charge in [-0.2, -0.15) is 0 Å². The number of aromatic nitrogens is 2. The van der Waals surface area contributed by atoms with Gasteiger partial charge in [0, 0.05) is 12.3 Å². The number of hydrogen-bond donors (Lipinski definition) is 10. The number of nitrogens with zero attached hydrogens (tertiary/aromatic N) is 1. The second-order valence-electron chi connectivity index (χ2n) is 7.66. The van der Waals surface area contributed by atoms with E-state index in [9.17, 15) is 49.2 Å². The first-order valence-corrected chi connectivity index (χ1v) is 13.3. The van der Waals surface area contributed by atoms with Crippen LogP contribution in [0.4, 0.5) is 0 Å². The molecule has 11 atom stereocenters. The summed E-state index contributed by atoms with van der Waals surface area (Å²) < 4.78 is 48.1. The van der Waals surface area contributed by atoms with Gasteiger partial charge < -0.3 is 66.7 Å². The summed E-state index contributed by atoms with van der Waals surface area (Å²) >= 11 is 4.94. The van der Waals surface area contributed by atoms with Gasteiger partial charge in [0.1, 0.15) is 42.7 Å². The highest BCUT2D eigenvalue weighted by molar-refractivity contribution is 7.71. The van der Waals surface area contributed by atoms with E-state index >= 15 is 0 Å². The zero-order valence-electron chi connectivity index (χ0n) is 19.5. The summed E-state index contributed by atoms with van der Waals surface area (Å²) in [5.41, 5.74) is -0.548. The molecule has 0 aromatic carbocycles. The second kappa shape index (κ2) is 13.5. The molecule has 2 aliphatic rings. The van der Waals surface area contributed by atoms with E-state index in [1.165, 1.54) is 0 Å². The van der Waals surface area contributed by atoms with Crippen molar-refractivity contribution in [1.82, 2.24) is 21.9 Å². The summed E-state index contributed by atoms with van der Waals surface area (Å²) in [6.07, 6.45) is -14.8. The molecule has 0 radical (unpaired) electrons. The molecule has 0 bridgehead atoms. The number of aromatic amines is 1. The van der Waals surface area contributed by atoms with E-state index in [-0.39, 0.29) is 17.1 Å². The molecule has 3 heterocycles. The van der Waals surface area contributed by atoms with Crippen LogP contribution in [0, 0.1) is 4.77 Å². The van der Waals surface area contributed by atoms with E-state index in [4.69, 9.17) is 26.8 Å². The number of H-pyrrole nitrogens is 1. The standard InChI is InChI=1S/C15H24N2O16P2S.2H3N/c18-3-5-8(20)10(22)12(24)14(31-5)32-35(27,28)33-34(25,26)29-4-6-9(21)11(23)13(30-6)17-2-1-7(19)16-15(17)36;;/h1-2,5-6,8-14,18,20-24H,3-4H2,(H,25,26)(H,27,28)(H,16,19,36);2*1H3/t5-,6-,8-,9-,10+,11-,12-,13-,14-;;/m1../s1. The first-order chi connectivity index (χ1) is 16.7. The van der Waals surface area contributed by atoms with Gasteiger partial charge in [-0.1, -0.05) is 0 Å². The van der Waals surface area contributed by atoms with Crippen LogP contribution in [-0.2, 0) is 32.0 Å². The van der Waals surface area contributed by atoms with Crippen LogP contribution in [0.5, 0.6) is 0 Å². The van der Waals surface area contributed by atoms with Crippen LogP contribution >= 0.6 is 27.9 Å². The molecule has 0 aliphatic carbocycles. The average Bonchev–Trinajstić information content (AvgIpc) is 3.06. The molecule has 2 unspecified atom stereocenters. The first kappa shape index (κ1) is 35.0. The van der Waals surface area contributed by atoms with Crippen molar-refractivity contribution in [3.63, 3.8) is 0 Å². The predicted octanol–water partition coefficient (Wildman–Crippen LogP) is -3.52. The maximum absolute atomic E-state index is 12.1. The topological polar surface area (TPSA) is 354 Å². The fourth-order valence-electron chi connectivity index (χ4n) is 3.34. The number of aliphatic hydroxyl groups excluding tert-OH is 6. The van der Waals surface area contributed by atoms with Gasteiger partial charge in [-0.05, 0) is 12.2 Å². The highest BCUT2D eigenvalue weighted by Gasteiger charge is 2.48. The fourth-order valence-corrected chi connectivity index (χ4v) is 5.73. The Morgan fingerprint density at radius 2 is 1.66 bits per heavy atom. The Morgan fingerprint density at radius 1 is 1.05 bits per heavy atom. The molecule has 0 amide bonds. The number of quaternary nitrogens is 1. The van der Waals surface area contributed by atoms with Crippen LogP contribution in [0.25, 0.3) is 0 Å². The monoisotopic (exact) mass is 616 g/mol. The van der Waals surface area contributed by atoms with E-state index in [1.54, 1.807) is 0 Å². The van der Waals surface area contributed by atoms with Gasteiger partial charge in [0.05, 0.1) is 13.2 Å². The third-order valence-corrected chi connectivity index (χ3v) is 8.03. The number of phosphoric ester groups is 2. The predicted molar refractivity (Wildman–Crippen MR) is 122 cm³/mol. The molecule has 222 valence electrons. The molecule has 38 heavy (non-hydrogen) atoms. The molecule has 0 spiro atoms. The van der Waals surface area contributed by atoms with Crippen molar-refractivity contribution in [2.24, 2.45) is 0 Å². The number of phosphoric acid groups is 2. The van der Waals surface area contributed by atoms with E-state index in [2.05, 4.69) is 18.3 Å². The summed E-state index contributed by atoms with van der Waals surface area (Å²) in [6, 6.07) is 1.05. The van der Waals surface area contributed by atoms with E-state index < -0.39 is 89.7 Å². The molecule has 1 aromatic rings. The Bertz CT molecular complexity index is 1140. The van der Waals surface area contributed by atoms with E-state index in [1.807, 2.05) is 0 Å². The summed E-state index contributed by atoms with van der Waals surface area (Å²) in [5, 5.41) is 58.7. The number of nitrogens with one attached hydrogen (secondary N) is 1. The Balaban J connectivity index is 0.00000361. The fraction of sp³-hybridized carbons (Fsp3) is 0.733. The lowest BCUT2D eigenvalue weighted by atomic mass is 10.00. The number of rotatable bonds is 9. The molecule has 15 N–H and O–H groups in total. The lowest BCUT2D eigenvalue weighted by molar-refractivity contribution is -0.281. The van der Waals surface area contributed by atoms with Crippen LogP contribution in [0.2, 0.25) is 0 Å². The molecule has 2 saturated heterocycles. The Hall–Kier alpha value is -1.04. The van der Waals surface area contributed by atoms with Crippen molar-refractivity contribution in [2.75, 3.05) is 13.2 Å². The van der Waals surface area contributed by atoms with Gasteiger partial charge in [-0.15, -0.1) is 0 Å². The summed E-state index contributed by atoms with van der Waals surface area (Å²) in [6.45, 7) is -1.92. The normalized spacial score (nSPS) is 36.4. The third kappa shape index (κ3) is 8.01. The summed E-state index contributed by atoms with van der Waals surface area (Å²) in [5.74, 6) is 0. The van der Waals surface area contributed by atoms with Gasteiger partial charge >= 0.3 is 7.82 Å². The molecule has 0 saturated carbocycles. The SMILES string of the molecule is N.O=c1ccn([C@@H]2O[C@H](COP(=O)([O-])OP(=O)(O)O[C@H]3O[C@H](CO)[C@@H](O)[C@H](O)[C@H]3O)[C@@H](O)[C@H]2O)c(=S)[nH]1.[NH4+]. The zero-order valence-corrected chi connectivity index (χ0v) is 22.1. The van der Waals surface area contributed by atoms with Gasteiger partial charge in [0.15, 0.2) is 17.3 Å². The van der Waals surface area contributed by atoms with Crippen LogP contribution < -0.4 is 22.8 Å². The highest BCUT2D eigenvalue weighted by Crippen LogP contribution is 2.59. The average molecular weight is 616 g/mol. The maximum Gasteiger partial charge on any atom is 0.481 e. The van der Waals surface area contributed by atoms with Crippen molar-refractivity contribution >= 4 is 27.9 Å². The minimum absolute atomic E-state index is 0. The van der Waals surface area contributed by atoms with Gasteiger partial charge in [-0.25, -0.2) is 8.88 Å². The zero-order chi connectivity index (χ0) is 27.0. The highest BCUT2D eigenvalue weighted by atomic mass is 32.1. The molecule has 23 heteroatoms. The Kier molecular flexibility index (Phi) is 12.5. The van der Waals surface area contributed by atoms with Crippen molar-refractivity contribution in [3.05, 3.63) is 27.4 Å². The molecular weight excluding hydrogens is 586 g/mol. The summed E-state index contributed by atoms with van der Waals surface area (Å²) in [4.78, 5) is 35.4. The van der Waals surface area contributed by atoms with Crippen molar-refractivity contribution < 1.29 is 72.4 Å². The summed E-state index contributed by atoms with van der Waals surface area (Å²) in [7, 11) is -11.3. The second-order valence-corrected chi connectivity index (χ2v) is 11.0. The quantitative estimate of drug-likeness (QED) is 0.0949. The number of aliphatic hydroxyl groups is 6. The van der Waals surface area contributed by atoms with E-state index in [0.29, 0.717) is 0 Å². The number of ether oxygens (including phenoxy) is 2. The van der Waals surface area contributed by atoms with Gasteiger partial charge in [0.25, 0.3) is 13.4 Å². The lowest BCUT2D eigenvalue weighted by Gasteiger charge is -2.39. The largest absolute Gasteiger partial charge is 0.756 e. The first-order valence-electron chi connectivity index (χ1n) is 9.97. The Labute approximate surface area is 218 Å². The molecule has 20 nitrogen and oxygen atoms in total. The van der Waals surface area contributed by atoms with E-state index in [0.717, 1.165) is 16.8 Å². The van der Waals surface area contributed by atoms with Crippen LogP contribution in [0.1, 0.15) is 6.23 Å². The smallest absolute Gasteiger partial charge is 0.481 e. The molecule has 2 aliphatic heterocycles. The lowest BCUT2D eigenvalue weighted by Crippen LogP contribution is -2.58. The van der Waals surface area contributed by atoms with Crippen LogP contribution in [-0.4, -0.2) is 107 Å². The number of hydrogen-bond acceptors (Lipinski definition) is 17. The van der Waals surface area contributed by atoms with Crippen molar-refractivity contribution in [2.45, 2.75) is 55.2 Å². The van der Waals surface area contributed by atoms with Gasteiger partial charge in [-0.3, -0.25) is 23.4 Å².